The monoisotopic (exact) mass is 361 g/mol. The van der Waals surface area contributed by atoms with Crippen LogP contribution in [-0.2, 0) is 4.74 Å². The van der Waals surface area contributed by atoms with Crippen LogP contribution < -0.4 is 4.90 Å². The highest BCUT2D eigenvalue weighted by Crippen LogP contribution is 2.27. The molecule has 6 heteroatoms. The van der Waals surface area contributed by atoms with Crippen LogP contribution >= 0.6 is 15.9 Å². The van der Waals surface area contributed by atoms with E-state index in [1.807, 2.05) is 47.7 Å². The zero-order valence-corrected chi connectivity index (χ0v) is 14.2. The number of nitrogens with zero attached hydrogens (tertiary/aromatic N) is 3. The Morgan fingerprint density at radius 1 is 1.32 bits per heavy atom. The first kappa shape index (κ1) is 14.8. The van der Waals surface area contributed by atoms with Crippen molar-refractivity contribution in [2.75, 3.05) is 25.6 Å². The van der Waals surface area contributed by atoms with E-state index >= 15 is 0 Å². The minimum atomic E-state index is -0.318. The Kier molecular flexibility index (Phi) is 3.78. The number of carbonyl (C=O) groups excluding carboxylic acids is 1. The third-order valence-electron chi connectivity index (χ3n) is 3.41. The van der Waals surface area contributed by atoms with Gasteiger partial charge in [0.25, 0.3) is 0 Å². The fraction of sp³-hybridized carbons (Fsp3) is 0.250. The van der Waals surface area contributed by atoms with Crippen LogP contribution in [0.2, 0.25) is 0 Å². The molecule has 0 amide bonds. The molecule has 114 valence electrons. The summed E-state index contributed by atoms with van der Waals surface area (Å²) in [4.78, 5) is 18.6. The van der Waals surface area contributed by atoms with Gasteiger partial charge in [-0.15, -0.1) is 0 Å². The van der Waals surface area contributed by atoms with Gasteiger partial charge >= 0.3 is 5.97 Å². The number of hydrogen-bond acceptors (Lipinski definition) is 4. The summed E-state index contributed by atoms with van der Waals surface area (Å²) in [6, 6.07) is 7.73. The topological polar surface area (TPSA) is 46.8 Å². The van der Waals surface area contributed by atoms with E-state index in [4.69, 9.17) is 9.72 Å². The van der Waals surface area contributed by atoms with Crippen molar-refractivity contribution in [3.8, 4) is 0 Å². The molecule has 0 radical (unpaired) electrons. The van der Waals surface area contributed by atoms with Crippen LogP contribution in [0.15, 0.2) is 34.9 Å². The maximum absolute atomic E-state index is 12.0. The average molecular weight is 362 g/mol. The largest absolute Gasteiger partial charge is 0.462 e. The molecule has 2 aromatic heterocycles. The summed E-state index contributed by atoms with van der Waals surface area (Å²) in [5.41, 5.74) is 3.21. The molecule has 0 aliphatic heterocycles. The van der Waals surface area contributed by atoms with Gasteiger partial charge in [0.1, 0.15) is 0 Å². The van der Waals surface area contributed by atoms with Crippen molar-refractivity contribution in [2.45, 2.75) is 6.92 Å². The maximum atomic E-state index is 12.0. The first-order valence-corrected chi connectivity index (χ1v) is 7.76. The van der Waals surface area contributed by atoms with Crippen molar-refractivity contribution in [1.82, 2.24) is 9.38 Å². The quantitative estimate of drug-likeness (QED) is 0.670. The number of rotatable bonds is 3. The number of esters is 1. The highest BCUT2D eigenvalue weighted by molar-refractivity contribution is 9.10. The molecular formula is C16H16BrN3O2. The SMILES string of the molecule is CCOC(=O)c1cc2c(N(C)C)nc3cc(Br)ccc3n2c1. The van der Waals surface area contributed by atoms with Gasteiger partial charge in [0.2, 0.25) is 0 Å². The normalized spacial score (nSPS) is 11.1. The third-order valence-corrected chi connectivity index (χ3v) is 3.90. The molecule has 2 heterocycles. The van der Waals surface area contributed by atoms with Gasteiger partial charge in [-0.2, -0.15) is 0 Å². The lowest BCUT2D eigenvalue weighted by Crippen LogP contribution is -2.12. The van der Waals surface area contributed by atoms with Gasteiger partial charge in [0.15, 0.2) is 5.82 Å². The predicted molar refractivity (Wildman–Crippen MR) is 90.7 cm³/mol. The van der Waals surface area contributed by atoms with Gasteiger partial charge in [-0.25, -0.2) is 9.78 Å². The Balaban J connectivity index is 2.33. The molecule has 0 atom stereocenters. The zero-order valence-electron chi connectivity index (χ0n) is 12.6. The highest BCUT2D eigenvalue weighted by atomic mass is 79.9. The summed E-state index contributed by atoms with van der Waals surface area (Å²) in [5.74, 6) is 0.488. The molecule has 0 saturated carbocycles. The predicted octanol–water partition coefficient (Wildman–Crippen LogP) is 3.49. The van der Waals surface area contributed by atoms with Crippen molar-refractivity contribution in [1.29, 1.82) is 0 Å². The van der Waals surface area contributed by atoms with E-state index in [-0.39, 0.29) is 5.97 Å². The highest BCUT2D eigenvalue weighted by Gasteiger charge is 2.16. The van der Waals surface area contributed by atoms with Crippen LogP contribution in [0.4, 0.5) is 5.82 Å². The third kappa shape index (κ3) is 2.43. The molecular weight excluding hydrogens is 346 g/mol. The second-order valence-electron chi connectivity index (χ2n) is 5.17. The first-order valence-electron chi connectivity index (χ1n) is 6.97. The molecule has 0 saturated heterocycles. The molecule has 5 nitrogen and oxygen atoms in total. The molecule has 0 aliphatic carbocycles. The number of carbonyl (C=O) groups is 1. The molecule has 3 aromatic rings. The van der Waals surface area contributed by atoms with Crippen LogP contribution in [0, 0.1) is 0 Å². The maximum Gasteiger partial charge on any atom is 0.339 e. The van der Waals surface area contributed by atoms with Gasteiger partial charge in [0.05, 0.1) is 28.7 Å². The molecule has 1 aromatic carbocycles. The Morgan fingerprint density at radius 2 is 2.09 bits per heavy atom. The number of fused-ring (bicyclic) bond motifs is 3. The Bertz CT molecular complexity index is 871. The fourth-order valence-corrected chi connectivity index (χ4v) is 2.80. The zero-order chi connectivity index (χ0) is 15.9. The lowest BCUT2D eigenvalue weighted by Gasteiger charge is -2.15. The van der Waals surface area contributed by atoms with Gasteiger partial charge in [-0.3, -0.25) is 0 Å². The molecule has 0 fully saturated rings. The Hall–Kier alpha value is -2.08. The van der Waals surface area contributed by atoms with E-state index in [9.17, 15) is 4.79 Å². The number of hydrogen-bond donors (Lipinski definition) is 0. The van der Waals surface area contributed by atoms with E-state index in [1.165, 1.54) is 0 Å². The molecule has 0 N–H and O–H groups in total. The van der Waals surface area contributed by atoms with Crippen LogP contribution in [0.25, 0.3) is 16.6 Å². The van der Waals surface area contributed by atoms with Crippen LogP contribution in [0.1, 0.15) is 17.3 Å². The van der Waals surface area contributed by atoms with E-state index in [1.54, 1.807) is 13.1 Å². The van der Waals surface area contributed by atoms with Crippen molar-refractivity contribution < 1.29 is 9.53 Å². The van der Waals surface area contributed by atoms with E-state index in [2.05, 4.69) is 15.9 Å². The van der Waals surface area contributed by atoms with Gasteiger partial charge in [-0.1, -0.05) is 15.9 Å². The smallest absolute Gasteiger partial charge is 0.339 e. The number of benzene rings is 1. The number of aromatic nitrogens is 2. The molecule has 22 heavy (non-hydrogen) atoms. The first-order chi connectivity index (χ1) is 10.5. The summed E-state index contributed by atoms with van der Waals surface area (Å²) >= 11 is 3.47. The second-order valence-corrected chi connectivity index (χ2v) is 6.08. The summed E-state index contributed by atoms with van der Waals surface area (Å²) in [6.45, 7) is 2.16. The molecule has 0 unspecified atom stereocenters. The molecule has 3 rings (SSSR count). The number of anilines is 1. The summed E-state index contributed by atoms with van der Waals surface area (Å²) < 4.78 is 8.04. The lowest BCUT2D eigenvalue weighted by atomic mass is 10.3. The lowest BCUT2D eigenvalue weighted by molar-refractivity contribution is 0.0526. The second kappa shape index (κ2) is 5.61. The number of ether oxygens (including phenoxy) is 1. The van der Waals surface area contributed by atoms with Crippen LogP contribution in [0.5, 0.6) is 0 Å². The Morgan fingerprint density at radius 3 is 2.77 bits per heavy atom. The summed E-state index contributed by atoms with van der Waals surface area (Å²) in [7, 11) is 3.87. The summed E-state index contributed by atoms with van der Waals surface area (Å²) in [6.07, 6.45) is 1.80. The van der Waals surface area contributed by atoms with Gasteiger partial charge in [0, 0.05) is 24.8 Å². The average Bonchev–Trinajstić information content (AvgIpc) is 2.91. The van der Waals surface area contributed by atoms with E-state index in [0.717, 1.165) is 26.8 Å². The van der Waals surface area contributed by atoms with Crippen molar-refractivity contribution in [3.63, 3.8) is 0 Å². The van der Waals surface area contributed by atoms with E-state index in [0.29, 0.717) is 12.2 Å². The van der Waals surface area contributed by atoms with Crippen LogP contribution in [0.3, 0.4) is 0 Å². The van der Waals surface area contributed by atoms with Gasteiger partial charge in [-0.05, 0) is 31.2 Å². The van der Waals surface area contributed by atoms with Crippen molar-refractivity contribution in [2.24, 2.45) is 0 Å². The minimum absolute atomic E-state index is 0.318. The minimum Gasteiger partial charge on any atom is -0.462 e. The Labute approximate surface area is 136 Å². The van der Waals surface area contributed by atoms with Crippen LogP contribution in [-0.4, -0.2) is 36.1 Å². The summed E-state index contributed by atoms with van der Waals surface area (Å²) in [5, 5.41) is 0. The van der Waals surface area contributed by atoms with Gasteiger partial charge < -0.3 is 14.0 Å². The fourth-order valence-electron chi connectivity index (χ4n) is 2.45. The van der Waals surface area contributed by atoms with Crippen molar-refractivity contribution >= 4 is 44.3 Å². The molecule has 0 spiro atoms. The standard InChI is InChI=1S/C16H16BrN3O2/c1-4-22-16(21)10-7-14-15(19(2)3)18-12-8-11(17)5-6-13(12)20(14)9-10/h5-9H,4H2,1-3H3. The van der Waals surface area contributed by atoms with Crippen molar-refractivity contribution in [3.05, 3.63) is 40.5 Å². The number of halogens is 1. The van der Waals surface area contributed by atoms with E-state index < -0.39 is 0 Å². The molecule has 0 bridgehead atoms. The molecule has 0 aliphatic rings.